The van der Waals surface area contributed by atoms with Crippen molar-refractivity contribution in [3.8, 4) is 0 Å². The highest BCUT2D eigenvalue weighted by molar-refractivity contribution is 5.85. The first-order valence-electron chi connectivity index (χ1n) is 5.90. The molecule has 19 heavy (non-hydrogen) atoms. The molecule has 1 heterocycles. The van der Waals surface area contributed by atoms with E-state index in [1.165, 1.54) is 18.2 Å². The molecule has 0 aliphatic heterocycles. The molecule has 1 unspecified atom stereocenters. The number of aryl methyl sites for hydroxylation is 1. The lowest BCUT2D eigenvalue weighted by Gasteiger charge is -2.28. The number of amides is 1. The number of carbonyl (C=O) groups is 2. The number of hydrogen-bond donors (Lipinski definition) is 1. The van der Waals surface area contributed by atoms with Gasteiger partial charge in [-0.05, 0) is 13.8 Å². The summed E-state index contributed by atoms with van der Waals surface area (Å²) in [4.78, 5) is 24.4. The van der Waals surface area contributed by atoms with Gasteiger partial charge < -0.3 is 14.7 Å². The molecule has 0 saturated heterocycles. The predicted molar refractivity (Wildman–Crippen MR) is 67.4 cm³/mol. The van der Waals surface area contributed by atoms with E-state index in [4.69, 9.17) is 9.84 Å². The summed E-state index contributed by atoms with van der Waals surface area (Å²) in [7, 11) is 3.15. The van der Waals surface area contributed by atoms with E-state index >= 15 is 0 Å². The highest BCUT2D eigenvalue weighted by atomic mass is 16.5. The van der Waals surface area contributed by atoms with E-state index in [0.717, 1.165) is 0 Å². The fourth-order valence-electron chi connectivity index (χ4n) is 1.77. The van der Waals surface area contributed by atoms with Crippen LogP contribution in [-0.2, 0) is 21.4 Å². The molecule has 0 aliphatic carbocycles. The van der Waals surface area contributed by atoms with E-state index < -0.39 is 12.1 Å². The molecule has 0 fully saturated rings. The maximum Gasteiger partial charge on any atom is 0.323 e. The normalized spacial score (nSPS) is 12.5. The lowest BCUT2D eigenvalue weighted by molar-refractivity contribution is -0.151. The molecule has 7 heteroatoms. The predicted octanol–water partition coefficient (Wildman–Crippen LogP) is 0.429. The van der Waals surface area contributed by atoms with Gasteiger partial charge in [-0.15, -0.1) is 0 Å². The first kappa shape index (κ1) is 15.2. The number of carbonyl (C=O) groups excluding carboxylic acids is 1. The van der Waals surface area contributed by atoms with Gasteiger partial charge in [0.1, 0.15) is 6.54 Å². The quantitative estimate of drug-likeness (QED) is 0.809. The van der Waals surface area contributed by atoms with Gasteiger partial charge in [-0.3, -0.25) is 14.3 Å². The minimum absolute atomic E-state index is 0.224. The van der Waals surface area contributed by atoms with Crippen LogP contribution in [0.15, 0.2) is 12.4 Å². The second-order valence-electron chi connectivity index (χ2n) is 4.52. The van der Waals surface area contributed by atoms with E-state index in [0.29, 0.717) is 5.56 Å². The van der Waals surface area contributed by atoms with Crippen molar-refractivity contribution in [2.75, 3.05) is 13.7 Å². The van der Waals surface area contributed by atoms with Gasteiger partial charge in [0, 0.05) is 32.0 Å². The van der Waals surface area contributed by atoms with Gasteiger partial charge in [-0.1, -0.05) is 0 Å². The number of carboxylic acid groups (broad SMARTS) is 1. The summed E-state index contributed by atoms with van der Waals surface area (Å²) in [6, 6.07) is -0.224. The number of carboxylic acids is 1. The van der Waals surface area contributed by atoms with E-state index in [-0.39, 0.29) is 18.5 Å². The van der Waals surface area contributed by atoms with Gasteiger partial charge in [-0.25, -0.2) is 0 Å². The number of methoxy groups -OCH3 is 1. The van der Waals surface area contributed by atoms with Crippen LogP contribution in [0.5, 0.6) is 0 Å². The van der Waals surface area contributed by atoms with Crippen LogP contribution in [0.4, 0.5) is 0 Å². The smallest absolute Gasteiger partial charge is 0.323 e. The van der Waals surface area contributed by atoms with Crippen molar-refractivity contribution in [1.82, 2.24) is 14.7 Å². The maximum absolute atomic E-state index is 12.4. The lowest BCUT2D eigenvalue weighted by atomic mass is 10.1. The molecule has 0 bridgehead atoms. The molecule has 1 rings (SSSR count). The molecule has 0 radical (unpaired) electrons. The van der Waals surface area contributed by atoms with Crippen LogP contribution < -0.4 is 0 Å². The minimum atomic E-state index is -1.05. The molecule has 106 valence electrons. The Kier molecular flexibility index (Phi) is 5.05. The molecule has 1 N–H and O–H groups in total. The molecule has 0 aliphatic rings. The van der Waals surface area contributed by atoms with E-state index in [9.17, 15) is 9.59 Å². The highest BCUT2D eigenvalue weighted by Gasteiger charge is 2.29. The van der Waals surface area contributed by atoms with Crippen molar-refractivity contribution >= 4 is 11.9 Å². The number of aliphatic carboxylic acids is 1. The third kappa shape index (κ3) is 3.78. The van der Waals surface area contributed by atoms with Gasteiger partial charge in [0.25, 0.3) is 5.91 Å². The van der Waals surface area contributed by atoms with E-state index in [1.54, 1.807) is 31.8 Å². The van der Waals surface area contributed by atoms with Gasteiger partial charge in [0.05, 0.1) is 6.20 Å². The second kappa shape index (κ2) is 6.33. The Hall–Kier alpha value is -1.89. The summed E-state index contributed by atoms with van der Waals surface area (Å²) in [6.45, 7) is 3.17. The maximum atomic E-state index is 12.4. The average Bonchev–Trinajstić information content (AvgIpc) is 2.73. The van der Waals surface area contributed by atoms with Crippen molar-refractivity contribution in [3.05, 3.63) is 18.0 Å². The molecular formula is C12H19N3O4. The fraction of sp³-hybridized carbons (Fsp3) is 0.583. The zero-order valence-corrected chi connectivity index (χ0v) is 11.5. The standard InChI is InChI=1S/C12H19N3O4/c1-8(2)15(7-10(16)17)12(18)11(19-4)9-5-13-14(3)6-9/h5-6,8,11H,7H2,1-4H3,(H,16,17). The Morgan fingerprint density at radius 1 is 1.53 bits per heavy atom. The number of aromatic nitrogens is 2. The highest BCUT2D eigenvalue weighted by Crippen LogP contribution is 2.19. The number of ether oxygens (including phenoxy) is 1. The number of nitrogens with zero attached hydrogens (tertiary/aromatic N) is 3. The first-order chi connectivity index (χ1) is 8.86. The molecule has 0 saturated carbocycles. The lowest BCUT2D eigenvalue weighted by Crippen LogP contribution is -2.43. The summed E-state index contributed by atoms with van der Waals surface area (Å²) in [6.07, 6.45) is 2.37. The van der Waals surface area contributed by atoms with Crippen LogP contribution in [0.2, 0.25) is 0 Å². The molecule has 1 amide bonds. The summed E-state index contributed by atoms with van der Waals surface area (Å²) < 4.78 is 6.75. The zero-order chi connectivity index (χ0) is 14.6. The van der Waals surface area contributed by atoms with Crippen molar-refractivity contribution < 1.29 is 19.4 Å². The van der Waals surface area contributed by atoms with Gasteiger partial charge in [0.15, 0.2) is 6.10 Å². The third-order valence-corrected chi connectivity index (χ3v) is 2.70. The first-order valence-corrected chi connectivity index (χ1v) is 5.90. The SMILES string of the molecule is COC(C(=O)N(CC(=O)O)C(C)C)c1cnn(C)c1. The van der Waals surface area contributed by atoms with Gasteiger partial charge >= 0.3 is 5.97 Å². The van der Waals surface area contributed by atoms with E-state index in [1.807, 2.05) is 0 Å². The van der Waals surface area contributed by atoms with Crippen molar-refractivity contribution in [2.45, 2.75) is 26.0 Å². The largest absolute Gasteiger partial charge is 0.480 e. The molecule has 1 aromatic rings. The fourth-order valence-corrected chi connectivity index (χ4v) is 1.77. The van der Waals surface area contributed by atoms with Gasteiger partial charge in [-0.2, -0.15) is 5.10 Å². The van der Waals surface area contributed by atoms with Gasteiger partial charge in [0.2, 0.25) is 0 Å². The summed E-state index contributed by atoms with van der Waals surface area (Å²) in [5.74, 6) is -1.43. The Morgan fingerprint density at radius 2 is 2.16 bits per heavy atom. The van der Waals surface area contributed by atoms with Crippen LogP contribution in [0, 0.1) is 0 Å². The Balaban J connectivity index is 2.95. The molecule has 1 atom stereocenters. The Labute approximate surface area is 111 Å². The van der Waals surface area contributed by atoms with Crippen LogP contribution in [-0.4, -0.2) is 51.4 Å². The number of hydrogen-bond acceptors (Lipinski definition) is 4. The van der Waals surface area contributed by atoms with Crippen LogP contribution in [0.1, 0.15) is 25.5 Å². The Bertz CT molecular complexity index is 456. The molecule has 0 spiro atoms. The molecule has 1 aromatic heterocycles. The molecular weight excluding hydrogens is 250 g/mol. The van der Waals surface area contributed by atoms with Crippen LogP contribution in [0.25, 0.3) is 0 Å². The summed E-state index contributed by atoms with van der Waals surface area (Å²) >= 11 is 0. The number of rotatable bonds is 6. The molecule has 0 aromatic carbocycles. The Morgan fingerprint density at radius 3 is 2.53 bits per heavy atom. The summed E-state index contributed by atoms with van der Waals surface area (Å²) in [5, 5.41) is 12.8. The van der Waals surface area contributed by atoms with Crippen molar-refractivity contribution in [3.63, 3.8) is 0 Å². The monoisotopic (exact) mass is 269 g/mol. The minimum Gasteiger partial charge on any atom is -0.480 e. The zero-order valence-electron chi connectivity index (χ0n) is 11.5. The van der Waals surface area contributed by atoms with Crippen molar-refractivity contribution in [1.29, 1.82) is 0 Å². The van der Waals surface area contributed by atoms with E-state index in [2.05, 4.69) is 5.10 Å². The summed E-state index contributed by atoms with van der Waals surface area (Å²) in [5.41, 5.74) is 0.603. The third-order valence-electron chi connectivity index (χ3n) is 2.70. The van der Waals surface area contributed by atoms with Crippen molar-refractivity contribution in [2.24, 2.45) is 7.05 Å². The molecule has 7 nitrogen and oxygen atoms in total. The van der Waals surface area contributed by atoms with Crippen LogP contribution >= 0.6 is 0 Å². The second-order valence-corrected chi connectivity index (χ2v) is 4.52. The van der Waals surface area contributed by atoms with Crippen LogP contribution in [0.3, 0.4) is 0 Å². The average molecular weight is 269 g/mol. The topological polar surface area (TPSA) is 84.7 Å².